The number of ketones is 1. The molecule has 1 aliphatic heterocycles. The number of Topliss-reactive ketones (excluding diaryl/α,β-unsaturated/α-hetero) is 1. The van der Waals surface area contributed by atoms with E-state index >= 15 is 0 Å². The van der Waals surface area contributed by atoms with Crippen molar-refractivity contribution in [3.05, 3.63) is 48.0 Å². The van der Waals surface area contributed by atoms with Crippen LogP contribution in [0, 0.1) is 11.8 Å². The first-order valence-corrected chi connectivity index (χ1v) is 7.67. The lowest BCUT2D eigenvalue weighted by Gasteiger charge is -2.17. The molecule has 1 fully saturated rings. The highest BCUT2D eigenvalue weighted by molar-refractivity contribution is 6.10. The summed E-state index contributed by atoms with van der Waals surface area (Å²) in [6.07, 6.45) is 3.41. The zero-order valence-electron chi connectivity index (χ0n) is 12.6. The third-order valence-electron chi connectivity index (χ3n) is 4.10. The van der Waals surface area contributed by atoms with Crippen molar-refractivity contribution in [2.75, 3.05) is 6.54 Å². The van der Waals surface area contributed by atoms with Gasteiger partial charge < -0.3 is 5.32 Å². The van der Waals surface area contributed by atoms with Gasteiger partial charge in [-0.15, -0.1) is 0 Å². The minimum Gasteiger partial charge on any atom is -0.355 e. The van der Waals surface area contributed by atoms with Crippen LogP contribution in [0.1, 0.15) is 31.7 Å². The van der Waals surface area contributed by atoms with Crippen molar-refractivity contribution in [1.82, 2.24) is 5.32 Å². The molecule has 1 amide bonds. The number of carbonyl (C=O) groups is 2. The van der Waals surface area contributed by atoms with Gasteiger partial charge in [0.1, 0.15) is 5.92 Å². The summed E-state index contributed by atoms with van der Waals surface area (Å²) in [5.41, 5.74) is 1.76. The standard InChI is InChI=1S/C18H23NO2/c1-3-4-8-13(2)17(20)16-15(12-19-18(16)21)11-14-9-6-5-7-10-14/h5-7,9-10,15-16H,2-4,8,11-12H2,1H3,(H,19,21). The number of nitrogens with one attached hydrogen (secondary N) is 1. The van der Waals surface area contributed by atoms with Crippen LogP contribution in [-0.4, -0.2) is 18.2 Å². The molecule has 1 heterocycles. The number of unbranched alkanes of at least 4 members (excludes halogenated alkanes) is 1. The summed E-state index contributed by atoms with van der Waals surface area (Å²) < 4.78 is 0. The Labute approximate surface area is 126 Å². The molecule has 0 radical (unpaired) electrons. The van der Waals surface area contributed by atoms with Gasteiger partial charge in [0.05, 0.1) is 0 Å². The van der Waals surface area contributed by atoms with Crippen LogP contribution in [0.25, 0.3) is 0 Å². The number of hydrogen-bond donors (Lipinski definition) is 1. The number of amides is 1. The summed E-state index contributed by atoms with van der Waals surface area (Å²) in [6.45, 7) is 6.54. The third-order valence-corrected chi connectivity index (χ3v) is 4.10. The summed E-state index contributed by atoms with van der Waals surface area (Å²) in [7, 11) is 0. The second-order valence-corrected chi connectivity index (χ2v) is 5.74. The predicted molar refractivity (Wildman–Crippen MR) is 83.8 cm³/mol. The van der Waals surface area contributed by atoms with Crippen molar-refractivity contribution < 1.29 is 9.59 Å². The molecule has 3 nitrogen and oxygen atoms in total. The van der Waals surface area contributed by atoms with E-state index in [-0.39, 0.29) is 17.6 Å². The average molecular weight is 285 g/mol. The summed E-state index contributed by atoms with van der Waals surface area (Å²) in [5.74, 6) is -0.738. The zero-order valence-corrected chi connectivity index (χ0v) is 12.6. The van der Waals surface area contributed by atoms with Gasteiger partial charge in [-0.05, 0) is 36.3 Å². The molecule has 1 aromatic rings. The molecule has 21 heavy (non-hydrogen) atoms. The molecule has 1 N–H and O–H groups in total. The first kappa shape index (κ1) is 15.5. The van der Waals surface area contributed by atoms with Crippen molar-refractivity contribution in [2.24, 2.45) is 11.8 Å². The summed E-state index contributed by atoms with van der Waals surface area (Å²) in [6, 6.07) is 10.0. The van der Waals surface area contributed by atoms with E-state index in [9.17, 15) is 9.59 Å². The second-order valence-electron chi connectivity index (χ2n) is 5.74. The van der Waals surface area contributed by atoms with Gasteiger partial charge >= 0.3 is 0 Å². The number of carbonyl (C=O) groups excluding carboxylic acids is 2. The molecule has 112 valence electrons. The van der Waals surface area contributed by atoms with E-state index in [1.165, 1.54) is 0 Å². The molecule has 1 aliphatic rings. The molecule has 1 aromatic carbocycles. The summed E-state index contributed by atoms with van der Waals surface area (Å²) in [4.78, 5) is 24.5. The Morgan fingerprint density at radius 1 is 1.33 bits per heavy atom. The van der Waals surface area contributed by atoms with E-state index in [1.807, 2.05) is 30.3 Å². The largest absolute Gasteiger partial charge is 0.355 e. The Balaban J connectivity index is 2.06. The molecule has 0 bridgehead atoms. The first-order chi connectivity index (χ1) is 10.1. The summed E-state index contributed by atoms with van der Waals surface area (Å²) in [5, 5.41) is 2.83. The van der Waals surface area contributed by atoms with Crippen LogP contribution in [-0.2, 0) is 16.0 Å². The topological polar surface area (TPSA) is 46.2 Å². The van der Waals surface area contributed by atoms with E-state index in [1.54, 1.807) is 0 Å². The van der Waals surface area contributed by atoms with E-state index < -0.39 is 5.92 Å². The Morgan fingerprint density at radius 2 is 2.05 bits per heavy atom. The summed E-state index contributed by atoms with van der Waals surface area (Å²) >= 11 is 0. The molecule has 2 rings (SSSR count). The quantitative estimate of drug-likeness (QED) is 0.618. The van der Waals surface area contributed by atoms with Gasteiger partial charge in [0.25, 0.3) is 0 Å². The highest BCUT2D eigenvalue weighted by Crippen LogP contribution is 2.26. The van der Waals surface area contributed by atoms with Crippen molar-refractivity contribution in [1.29, 1.82) is 0 Å². The van der Waals surface area contributed by atoms with Gasteiger partial charge in [0, 0.05) is 6.54 Å². The lowest BCUT2D eigenvalue weighted by atomic mass is 9.83. The van der Waals surface area contributed by atoms with Gasteiger partial charge in [-0.2, -0.15) is 0 Å². The second kappa shape index (κ2) is 7.21. The fraction of sp³-hybridized carbons (Fsp3) is 0.444. The van der Waals surface area contributed by atoms with Crippen molar-refractivity contribution >= 4 is 11.7 Å². The molecule has 2 atom stereocenters. The fourth-order valence-corrected chi connectivity index (χ4v) is 2.85. The molecule has 0 spiro atoms. The van der Waals surface area contributed by atoms with Crippen molar-refractivity contribution in [2.45, 2.75) is 32.6 Å². The fourth-order valence-electron chi connectivity index (χ4n) is 2.85. The Kier molecular flexibility index (Phi) is 5.32. The van der Waals surface area contributed by atoms with Crippen molar-refractivity contribution in [3.63, 3.8) is 0 Å². The zero-order chi connectivity index (χ0) is 15.2. The first-order valence-electron chi connectivity index (χ1n) is 7.67. The van der Waals surface area contributed by atoms with Gasteiger partial charge in [0.15, 0.2) is 5.78 Å². The lowest BCUT2D eigenvalue weighted by Crippen LogP contribution is -2.29. The number of benzene rings is 1. The molecular weight excluding hydrogens is 262 g/mol. The molecule has 1 saturated heterocycles. The Morgan fingerprint density at radius 3 is 2.71 bits per heavy atom. The lowest BCUT2D eigenvalue weighted by molar-refractivity contribution is -0.130. The van der Waals surface area contributed by atoms with Gasteiger partial charge in [-0.25, -0.2) is 0 Å². The highest BCUT2D eigenvalue weighted by Gasteiger charge is 2.40. The molecule has 0 saturated carbocycles. The molecule has 0 aliphatic carbocycles. The monoisotopic (exact) mass is 285 g/mol. The van der Waals surface area contributed by atoms with Crippen molar-refractivity contribution in [3.8, 4) is 0 Å². The average Bonchev–Trinajstić information content (AvgIpc) is 2.85. The van der Waals surface area contributed by atoms with Crippen LogP contribution < -0.4 is 5.32 Å². The van der Waals surface area contributed by atoms with E-state index in [4.69, 9.17) is 0 Å². The SMILES string of the molecule is C=C(CCCC)C(=O)C1C(=O)NCC1Cc1ccccc1. The van der Waals surface area contributed by atoms with E-state index in [0.29, 0.717) is 18.5 Å². The maximum Gasteiger partial charge on any atom is 0.231 e. The molecule has 2 unspecified atom stereocenters. The van der Waals surface area contributed by atoms with E-state index in [2.05, 4.69) is 18.8 Å². The van der Waals surface area contributed by atoms with Gasteiger partial charge in [-0.3, -0.25) is 9.59 Å². The molecular formula is C18H23NO2. The minimum atomic E-state index is -0.561. The van der Waals surface area contributed by atoms with Crippen LogP contribution in [0.3, 0.4) is 0 Å². The predicted octanol–water partition coefficient (Wildman–Crippen LogP) is 2.91. The van der Waals surface area contributed by atoms with Crippen LogP contribution in [0.15, 0.2) is 42.5 Å². The smallest absolute Gasteiger partial charge is 0.231 e. The number of allylic oxidation sites excluding steroid dienone is 1. The number of hydrogen-bond acceptors (Lipinski definition) is 2. The molecule has 3 heteroatoms. The maximum absolute atomic E-state index is 12.5. The van der Waals surface area contributed by atoms with E-state index in [0.717, 1.165) is 24.8 Å². The number of rotatable bonds is 7. The van der Waals surface area contributed by atoms with Gasteiger partial charge in [-0.1, -0.05) is 50.3 Å². The normalized spacial score (nSPS) is 21.1. The van der Waals surface area contributed by atoms with Crippen LogP contribution in [0.5, 0.6) is 0 Å². The Hall–Kier alpha value is -1.90. The van der Waals surface area contributed by atoms with Crippen LogP contribution in [0.2, 0.25) is 0 Å². The van der Waals surface area contributed by atoms with Crippen LogP contribution >= 0.6 is 0 Å². The van der Waals surface area contributed by atoms with Crippen LogP contribution in [0.4, 0.5) is 0 Å². The Bertz CT molecular complexity index is 521. The minimum absolute atomic E-state index is 0.0331. The molecule has 0 aromatic heterocycles. The van der Waals surface area contributed by atoms with Gasteiger partial charge in [0.2, 0.25) is 5.91 Å². The highest BCUT2D eigenvalue weighted by atomic mass is 16.2. The maximum atomic E-state index is 12.5. The third kappa shape index (κ3) is 3.81.